The minimum atomic E-state index is -0.234. The van der Waals surface area contributed by atoms with Gasteiger partial charge >= 0.3 is 0 Å². The van der Waals surface area contributed by atoms with Crippen LogP contribution in [0.4, 0.5) is 0 Å². The Hall–Kier alpha value is -0.120. The third-order valence-electron chi connectivity index (χ3n) is 3.72. The molecule has 3 aliphatic heterocycles. The molecule has 3 aliphatic rings. The zero-order valence-corrected chi connectivity index (χ0v) is 8.32. The van der Waals surface area contributed by atoms with E-state index in [-0.39, 0.29) is 12.2 Å². The lowest BCUT2D eigenvalue weighted by atomic mass is 9.83. The van der Waals surface area contributed by atoms with Crippen LogP contribution in [-0.4, -0.2) is 53.1 Å². The summed E-state index contributed by atoms with van der Waals surface area (Å²) >= 11 is 0. The molecule has 76 valence electrons. The van der Waals surface area contributed by atoms with Crippen molar-refractivity contribution in [2.75, 3.05) is 26.2 Å². The van der Waals surface area contributed by atoms with Crippen molar-refractivity contribution in [3.63, 3.8) is 0 Å². The Morgan fingerprint density at radius 2 is 2.00 bits per heavy atom. The highest BCUT2D eigenvalue weighted by Crippen LogP contribution is 2.33. The van der Waals surface area contributed by atoms with Crippen LogP contribution >= 0.6 is 0 Å². The number of quaternary nitrogens is 1. The van der Waals surface area contributed by atoms with Crippen LogP contribution in [0.15, 0.2) is 0 Å². The van der Waals surface area contributed by atoms with E-state index < -0.39 is 0 Å². The number of hydrogen-bond acceptors (Lipinski definition) is 2. The summed E-state index contributed by atoms with van der Waals surface area (Å²) in [6.07, 6.45) is 1.95. The van der Waals surface area contributed by atoms with Gasteiger partial charge in [-0.25, -0.2) is 0 Å². The standard InChI is InChI=1S/C10H20NO2/c1-8(12)6-11-4-2-9(3-5-11)10(13)7-11/h8-10,12-13H,2-7H2,1H3/q+1. The fourth-order valence-electron chi connectivity index (χ4n) is 3.07. The Bertz CT molecular complexity index is 181. The van der Waals surface area contributed by atoms with Crippen LogP contribution in [0.25, 0.3) is 0 Å². The van der Waals surface area contributed by atoms with E-state index in [2.05, 4.69) is 0 Å². The summed E-state index contributed by atoms with van der Waals surface area (Å²) in [5.74, 6) is 0.550. The van der Waals surface area contributed by atoms with E-state index in [0.717, 1.165) is 43.5 Å². The molecule has 0 aromatic carbocycles. The second-order valence-corrected chi connectivity index (χ2v) is 4.91. The maximum atomic E-state index is 9.78. The highest BCUT2D eigenvalue weighted by atomic mass is 16.3. The number of aliphatic hydroxyl groups excluding tert-OH is 2. The third kappa shape index (κ3) is 1.73. The molecule has 3 heteroatoms. The largest absolute Gasteiger partial charge is 0.388 e. The fraction of sp³-hybridized carbons (Fsp3) is 1.00. The number of nitrogens with zero attached hydrogens (tertiary/aromatic N) is 1. The topological polar surface area (TPSA) is 40.5 Å². The summed E-state index contributed by atoms with van der Waals surface area (Å²) in [4.78, 5) is 0. The van der Waals surface area contributed by atoms with Gasteiger partial charge in [0.25, 0.3) is 0 Å². The molecule has 2 unspecified atom stereocenters. The molecular formula is C10H20NO2+. The van der Waals surface area contributed by atoms with E-state index in [4.69, 9.17) is 0 Å². The van der Waals surface area contributed by atoms with E-state index in [0.29, 0.717) is 5.92 Å². The quantitative estimate of drug-likeness (QED) is 0.595. The van der Waals surface area contributed by atoms with E-state index in [1.54, 1.807) is 0 Å². The first-order valence-electron chi connectivity index (χ1n) is 5.32. The van der Waals surface area contributed by atoms with E-state index in [1.165, 1.54) is 0 Å². The average molecular weight is 186 g/mol. The molecule has 0 saturated carbocycles. The highest BCUT2D eigenvalue weighted by molar-refractivity contribution is 4.79. The molecule has 0 aromatic heterocycles. The lowest BCUT2D eigenvalue weighted by Crippen LogP contribution is -2.65. The van der Waals surface area contributed by atoms with Crippen molar-refractivity contribution in [3.05, 3.63) is 0 Å². The van der Waals surface area contributed by atoms with Crippen molar-refractivity contribution in [1.29, 1.82) is 0 Å². The highest BCUT2D eigenvalue weighted by Gasteiger charge is 2.45. The third-order valence-corrected chi connectivity index (χ3v) is 3.72. The molecule has 0 spiro atoms. The molecule has 3 fully saturated rings. The van der Waals surface area contributed by atoms with Crippen molar-refractivity contribution < 1.29 is 14.7 Å². The first kappa shape index (κ1) is 9.44. The predicted molar refractivity (Wildman–Crippen MR) is 50.1 cm³/mol. The normalized spacial score (nSPS) is 46.4. The van der Waals surface area contributed by atoms with Crippen LogP contribution in [0.2, 0.25) is 0 Å². The van der Waals surface area contributed by atoms with Gasteiger partial charge in [0.15, 0.2) is 0 Å². The second-order valence-electron chi connectivity index (χ2n) is 4.91. The van der Waals surface area contributed by atoms with Crippen LogP contribution in [0, 0.1) is 5.92 Å². The van der Waals surface area contributed by atoms with E-state index >= 15 is 0 Å². The van der Waals surface area contributed by atoms with Crippen LogP contribution < -0.4 is 0 Å². The summed E-state index contributed by atoms with van der Waals surface area (Å²) in [6, 6.07) is 0. The Kier molecular flexibility index (Phi) is 2.34. The Morgan fingerprint density at radius 3 is 2.46 bits per heavy atom. The maximum absolute atomic E-state index is 9.78. The van der Waals surface area contributed by atoms with Gasteiger partial charge in [-0.3, -0.25) is 0 Å². The number of hydrogen-bond donors (Lipinski definition) is 2. The smallest absolute Gasteiger partial charge is 0.106 e. The predicted octanol–water partition coefficient (Wildman–Crippen LogP) is -0.0315. The zero-order valence-electron chi connectivity index (χ0n) is 8.32. The molecule has 3 nitrogen and oxygen atoms in total. The van der Waals surface area contributed by atoms with Gasteiger partial charge in [-0.2, -0.15) is 0 Å². The Morgan fingerprint density at radius 1 is 1.38 bits per heavy atom. The van der Waals surface area contributed by atoms with Crippen LogP contribution in [0.5, 0.6) is 0 Å². The van der Waals surface area contributed by atoms with Gasteiger partial charge < -0.3 is 14.7 Å². The van der Waals surface area contributed by atoms with E-state index in [9.17, 15) is 10.2 Å². The molecule has 13 heavy (non-hydrogen) atoms. The number of fused-ring (bicyclic) bond motifs is 3. The minimum absolute atomic E-state index is 0.110. The molecule has 3 rings (SSSR count). The molecule has 2 N–H and O–H groups in total. The Balaban J connectivity index is 2.04. The number of aliphatic hydroxyl groups is 2. The van der Waals surface area contributed by atoms with Gasteiger partial charge in [0.2, 0.25) is 0 Å². The molecule has 0 amide bonds. The molecule has 0 aromatic rings. The second kappa shape index (κ2) is 3.23. The summed E-state index contributed by atoms with van der Waals surface area (Å²) in [6.45, 7) is 5.86. The van der Waals surface area contributed by atoms with Gasteiger partial charge in [0, 0.05) is 18.8 Å². The summed E-state index contributed by atoms with van der Waals surface area (Å²) in [7, 11) is 0. The molecular weight excluding hydrogens is 166 g/mol. The Labute approximate surface area is 79.6 Å². The summed E-state index contributed by atoms with van der Waals surface area (Å²) in [5.41, 5.74) is 0. The van der Waals surface area contributed by atoms with Crippen molar-refractivity contribution in [3.8, 4) is 0 Å². The molecule has 3 heterocycles. The number of piperidine rings is 3. The first-order valence-corrected chi connectivity index (χ1v) is 5.32. The van der Waals surface area contributed by atoms with Gasteiger partial charge in [-0.1, -0.05) is 0 Å². The van der Waals surface area contributed by atoms with Crippen molar-refractivity contribution >= 4 is 0 Å². The van der Waals surface area contributed by atoms with Crippen LogP contribution in [-0.2, 0) is 0 Å². The summed E-state index contributed by atoms with van der Waals surface area (Å²) < 4.78 is 0.954. The van der Waals surface area contributed by atoms with Crippen LogP contribution in [0.3, 0.4) is 0 Å². The van der Waals surface area contributed by atoms with Gasteiger partial charge in [-0.15, -0.1) is 0 Å². The average Bonchev–Trinajstić information content (AvgIpc) is 2.03. The molecule has 0 aliphatic carbocycles. The van der Waals surface area contributed by atoms with Crippen molar-refractivity contribution in [2.45, 2.75) is 32.0 Å². The molecule has 0 radical (unpaired) electrons. The van der Waals surface area contributed by atoms with Gasteiger partial charge in [0.1, 0.15) is 25.3 Å². The van der Waals surface area contributed by atoms with Crippen molar-refractivity contribution in [2.24, 2.45) is 5.92 Å². The SMILES string of the molecule is CC(O)C[N+]12CCC(CC1)C(O)C2. The fourth-order valence-corrected chi connectivity index (χ4v) is 3.07. The maximum Gasteiger partial charge on any atom is 0.106 e. The minimum Gasteiger partial charge on any atom is -0.388 e. The molecule has 2 atom stereocenters. The van der Waals surface area contributed by atoms with E-state index in [1.807, 2.05) is 6.92 Å². The monoisotopic (exact) mass is 186 g/mol. The first-order chi connectivity index (χ1) is 6.11. The lowest BCUT2D eigenvalue weighted by molar-refractivity contribution is -0.948. The van der Waals surface area contributed by atoms with Gasteiger partial charge in [-0.05, 0) is 6.92 Å². The zero-order chi connectivity index (χ0) is 9.47. The summed E-state index contributed by atoms with van der Waals surface area (Å²) in [5, 5.41) is 19.2. The molecule has 2 bridgehead atoms. The van der Waals surface area contributed by atoms with Crippen LogP contribution in [0.1, 0.15) is 19.8 Å². The molecule has 3 saturated heterocycles. The van der Waals surface area contributed by atoms with Crippen molar-refractivity contribution in [1.82, 2.24) is 0 Å². The lowest BCUT2D eigenvalue weighted by Gasteiger charge is -2.51. The number of rotatable bonds is 2. The van der Waals surface area contributed by atoms with Gasteiger partial charge in [0.05, 0.1) is 13.1 Å².